The lowest BCUT2D eigenvalue weighted by molar-refractivity contribution is -0.120. The number of aliphatic hydroxyl groups excluding tert-OH is 1. The fraction of sp³-hybridized carbons (Fsp3) is 0.158. The summed E-state index contributed by atoms with van der Waals surface area (Å²) in [6.45, 7) is 0.108. The Morgan fingerprint density at radius 1 is 0.960 bits per heavy atom. The molecule has 2 aromatic carbocycles. The number of aromatic amines is 1. The van der Waals surface area contributed by atoms with Crippen LogP contribution in [0.2, 0.25) is 0 Å². The predicted molar refractivity (Wildman–Crippen MR) is 94.8 cm³/mol. The summed E-state index contributed by atoms with van der Waals surface area (Å²) in [5.74, 6) is -0.626. The third-order valence-corrected chi connectivity index (χ3v) is 3.95. The van der Waals surface area contributed by atoms with Gasteiger partial charge in [-0.15, -0.1) is 0 Å². The van der Waals surface area contributed by atoms with Crippen LogP contribution in [0.3, 0.4) is 0 Å². The Balaban J connectivity index is 1.52. The fourth-order valence-electron chi connectivity index (χ4n) is 2.59. The second-order valence-corrected chi connectivity index (χ2v) is 5.66. The number of benzene rings is 2. The molecular weight excluding hydrogens is 318 g/mol. The number of hydrogen-bond donors (Lipinski definition) is 4. The second kappa shape index (κ2) is 7.63. The highest BCUT2D eigenvalue weighted by molar-refractivity contribution is 5.99. The highest BCUT2D eigenvalue weighted by Crippen LogP contribution is 2.14. The number of hydrogen-bond acceptors (Lipinski definition) is 3. The van der Waals surface area contributed by atoms with Crippen LogP contribution in [-0.2, 0) is 17.9 Å². The van der Waals surface area contributed by atoms with Crippen molar-refractivity contribution >= 4 is 22.7 Å². The van der Waals surface area contributed by atoms with E-state index < -0.39 is 0 Å². The molecule has 0 radical (unpaired) electrons. The first-order valence-electron chi connectivity index (χ1n) is 7.97. The van der Waals surface area contributed by atoms with E-state index in [1.54, 1.807) is 12.1 Å². The minimum absolute atomic E-state index is 0.0802. The first-order chi connectivity index (χ1) is 12.2. The Labute approximate surface area is 144 Å². The van der Waals surface area contributed by atoms with Gasteiger partial charge in [-0.25, -0.2) is 0 Å². The standard InChI is InChI=1S/C19H19N3O3/c23-12-15-7-2-1-6-14(15)10-20-18(24)11-21-19(25)17-9-13-5-3-4-8-16(13)22-17/h1-9,22-23H,10-12H2,(H,20,24)(H,21,25). The van der Waals surface area contributed by atoms with E-state index in [2.05, 4.69) is 15.6 Å². The van der Waals surface area contributed by atoms with Crippen molar-refractivity contribution < 1.29 is 14.7 Å². The van der Waals surface area contributed by atoms with Crippen LogP contribution in [0, 0.1) is 0 Å². The molecule has 0 bridgehead atoms. The maximum absolute atomic E-state index is 12.1. The Morgan fingerprint density at radius 2 is 1.68 bits per heavy atom. The minimum Gasteiger partial charge on any atom is -0.392 e. The van der Waals surface area contributed by atoms with E-state index in [-0.39, 0.29) is 25.0 Å². The predicted octanol–water partition coefficient (Wildman–Crippen LogP) is 1.71. The maximum atomic E-state index is 12.1. The number of rotatable bonds is 6. The van der Waals surface area contributed by atoms with Gasteiger partial charge in [-0.1, -0.05) is 42.5 Å². The largest absolute Gasteiger partial charge is 0.392 e. The van der Waals surface area contributed by atoms with E-state index in [9.17, 15) is 14.7 Å². The highest BCUT2D eigenvalue weighted by atomic mass is 16.3. The van der Waals surface area contributed by atoms with Crippen molar-refractivity contribution in [1.29, 1.82) is 0 Å². The molecule has 3 aromatic rings. The van der Waals surface area contributed by atoms with Crippen LogP contribution < -0.4 is 10.6 Å². The number of carbonyl (C=O) groups excluding carboxylic acids is 2. The number of amides is 2. The zero-order valence-corrected chi connectivity index (χ0v) is 13.6. The Bertz CT molecular complexity index is 869. The first kappa shape index (κ1) is 16.7. The minimum atomic E-state index is -0.331. The van der Waals surface area contributed by atoms with E-state index in [0.29, 0.717) is 12.2 Å². The highest BCUT2D eigenvalue weighted by Gasteiger charge is 2.11. The zero-order valence-electron chi connectivity index (χ0n) is 13.6. The normalized spacial score (nSPS) is 10.6. The molecule has 0 atom stereocenters. The number of nitrogens with one attached hydrogen (secondary N) is 3. The second-order valence-electron chi connectivity index (χ2n) is 5.66. The number of fused-ring (bicyclic) bond motifs is 1. The summed E-state index contributed by atoms with van der Waals surface area (Å²) < 4.78 is 0. The van der Waals surface area contributed by atoms with Crippen molar-refractivity contribution in [1.82, 2.24) is 15.6 Å². The summed E-state index contributed by atoms with van der Waals surface area (Å²) in [6, 6.07) is 16.7. The van der Waals surface area contributed by atoms with Gasteiger partial charge in [0.1, 0.15) is 5.69 Å². The van der Waals surface area contributed by atoms with Crippen molar-refractivity contribution in [2.75, 3.05) is 6.54 Å². The van der Waals surface area contributed by atoms with Crippen molar-refractivity contribution in [3.05, 3.63) is 71.4 Å². The SMILES string of the molecule is O=C(CNC(=O)c1cc2ccccc2[nH]1)NCc1ccccc1CO. The van der Waals surface area contributed by atoms with Gasteiger partial charge in [0.25, 0.3) is 5.91 Å². The van der Waals surface area contributed by atoms with E-state index in [4.69, 9.17) is 0 Å². The van der Waals surface area contributed by atoms with Crippen LogP contribution >= 0.6 is 0 Å². The fourth-order valence-corrected chi connectivity index (χ4v) is 2.59. The first-order valence-corrected chi connectivity index (χ1v) is 7.97. The summed E-state index contributed by atoms with van der Waals surface area (Å²) in [5.41, 5.74) is 2.91. The molecule has 25 heavy (non-hydrogen) atoms. The molecule has 1 heterocycles. The maximum Gasteiger partial charge on any atom is 0.268 e. The number of aliphatic hydroxyl groups is 1. The number of aromatic nitrogens is 1. The topological polar surface area (TPSA) is 94.2 Å². The summed E-state index contributed by atoms with van der Waals surface area (Å²) >= 11 is 0. The summed E-state index contributed by atoms with van der Waals surface area (Å²) in [6.07, 6.45) is 0. The van der Waals surface area contributed by atoms with E-state index in [1.807, 2.05) is 42.5 Å². The molecule has 0 spiro atoms. The number of para-hydroxylation sites is 1. The van der Waals surface area contributed by atoms with Crippen LogP contribution in [0.1, 0.15) is 21.6 Å². The lowest BCUT2D eigenvalue weighted by atomic mass is 10.1. The van der Waals surface area contributed by atoms with Gasteiger partial charge in [0, 0.05) is 17.4 Å². The summed E-state index contributed by atoms with van der Waals surface area (Å²) in [4.78, 5) is 27.1. The van der Waals surface area contributed by atoms with Crippen LogP contribution in [0.4, 0.5) is 0 Å². The molecular formula is C19H19N3O3. The average Bonchev–Trinajstić information content (AvgIpc) is 3.09. The third kappa shape index (κ3) is 4.05. The molecule has 0 saturated heterocycles. The van der Waals surface area contributed by atoms with Gasteiger partial charge >= 0.3 is 0 Å². The Kier molecular flexibility index (Phi) is 5.11. The van der Waals surface area contributed by atoms with Crippen molar-refractivity contribution in [2.24, 2.45) is 0 Å². The van der Waals surface area contributed by atoms with Gasteiger partial charge in [0.15, 0.2) is 0 Å². The summed E-state index contributed by atoms with van der Waals surface area (Å²) in [7, 11) is 0. The van der Waals surface area contributed by atoms with Gasteiger partial charge in [-0.05, 0) is 23.3 Å². The van der Waals surface area contributed by atoms with Gasteiger partial charge in [-0.2, -0.15) is 0 Å². The third-order valence-electron chi connectivity index (χ3n) is 3.95. The van der Waals surface area contributed by atoms with E-state index in [1.165, 1.54) is 0 Å². The summed E-state index contributed by atoms with van der Waals surface area (Å²) in [5, 5.41) is 15.5. The van der Waals surface area contributed by atoms with Crippen molar-refractivity contribution in [2.45, 2.75) is 13.2 Å². The molecule has 128 valence electrons. The molecule has 6 nitrogen and oxygen atoms in total. The number of H-pyrrole nitrogens is 1. The van der Waals surface area contributed by atoms with Gasteiger partial charge < -0.3 is 20.7 Å². The molecule has 0 aliphatic rings. The van der Waals surface area contributed by atoms with Crippen LogP contribution in [0.25, 0.3) is 10.9 Å². The Morgan fingerprint density at radius 3 is 2.44 bits per heavy atom. The van der Waals surface area contributed by atoms with E-state index in [0.717, 1.165) is 22.0 Å². The average molecular weight is 337 g/mol. The molecule has 2 amide bonds. The van der Waals surface area contributed by atoms with E-state index >= 15 is 0 Å². The molecule has 4 N–H and O–H groups in total. The molecule has 0 unspecified atom stereocenters. The lowest BCUT2D eigenvalue weighted by Gasteiger charge is -2.09. The van der Waals surface area contributed by atoms with Gasteiger partial charge in [0.05, 0.1) is 13.2 Å². The zero-order chi connectivity index (χ0) is 17.6. The molecule has 0 aliphatic heterocycles. The number of carbonyl (C=O) groups is 2. The van der Waals surface area contributed by atoms with Gasteiger partial charge in [0.2, 0.25) is 5.91 Å². The lowest BCUT2D eigenvalue weighted by Crippen LogP contribution is -2.36. The molecule has 0 aliphatic carbocycles. The van der Waals surface area contributed by atoms with Crippen LogP contribution in [0.15, 0.2) is 54.6 Å². The molecule has 3 rings (SSSR count). The molecule has 0 fully saturated rings. The molecule has 1 aromatic heterocycles. The van der Waals surface area contributed by atoms with Crippen molar-refractivity contribution in [3.63, 3.8) is 0 Å². The van der Waals surface area contributed by atoms with Crippen LogP contribution in [-0.4, -0.2) is 28.4 Å². The monoisotopic (exact) mass is 337 g/mol. The Hall–Kier alpha value is -3.12. The van der Waals surface area contributed by atoms with Crippen molar-refractivity contribution in [3.8, 4) is 0 Å². The smallest absolute Gasteiger partial charge is 0.268 e. The van der Waals surface area contributed by atoms with Crippen LogP contribution in [0.5, 0.6) is 0 Å². The molecule has 6 heteroatoms. The van der Waals surface area contributed by atoms with Gasteiger partial charge in [-0.3, -0.25) is 9.59 Å². The molecule has 0 saturated carbocycles. The quantitative estimate of drug-likeness (QED) is 0.551.